The third kappa shape index (κ3) is 1.96. The number of benzene rings is 2. The van der Waals surface area contributed by atoms with Gasteiger partial charge in [0, 0.05) is 16.8 Å². The van der Waals surface area contributed by atoms with Gasteiger partial charge in [0.05, 0.1) is 21.2 Å². The summed E-state index contributed by atoms with van der Waals surface area (Å²) in [6.45, 7) is 0. The molecule has 3 nitrogen and oxygen atoms in total. The van der Waals surface area contributed by atoms with E-state index in [1.54, 1.807) is 7.11 Å². The van der Waals surface area contributed by atoms with Crippen LogP contribution in [0.4, 0.5) is 0 Å². The number of rotatable bonds is 2. The van der Waals surface area contributed by atoms with Gasteiger partial charge >= 0.3 is 0 Å². The molecule has 1 heterocycles. The van der Waals surface area contributed by atoms with Gasteiger partial charge in [0.25, 0.3) is 6.23 Å². The van der Waals surface area contributed by atoms with Gasteiger partial charge in [-0.2, -0.15) is 0 Å². The van der Waals surface area contributed by atoms with Crippen molar-refractivity contribution in [2.45, 2.75) is 6.23 Å². The average molecular weight is 256 g/mol. The fraction of sp³-hybridized carbons (Fsp3) is 0.250. The molecule has 0 amide bonds. The van der Waals surface area contributed by atoms with E-state index >= 15 is 0 Å². The molecule has 0 radical (unpaired) electrons. The molecule has 0 saturated heterocycles. The highest BCUT2D eigenvalue weighted by Gasteiger charge is 2.20. The molecule has 0 bridgehead atoms. The molecule has 1 atom stereocenters. The van der Waals surface area contributed by atoms with Crippen LogP contribution in [0, 0.1) is 0 Å². The Bertz CT molecular complexity index is 646. The molecular formula is C16H18NO2+. The Morgan fingerprint density at radius 1 is 1.16 bits per heavy atom. The van der Waals surface area contributed by atoms with Crippen molar-refractivity contribution in [2.24, 2.45) is 0 Å². The summed E-state index contributed by atoms with van der Waals surface area (Å²) in [5.74, 6) is 1.80. The molecular weight excluding hydrogens is 238 g/mol. The Labute approximate surface area is 113 Å². The quantitative estimate of drug-likeness (QED) is 0.884. The minimum atomic E-state index is 0.0315. The van der Waals surface area contributed by atoms with Gasteiger partial charge < -0.3 is 14.4 Å². The summed E-state index contributed by atoms with van der Waals surface area (Å²) in [6, 6.07) is 10.2. The first-order valence-electron chi connectivity index (χ1n) is 6.45. The van der Waals surface area contributed by atoms with E-state index in [2.05, 4.69) is 38.4 Å². The van der Waals surface area contributed by atoms with Crippen molar-refractivity contribution in [3.05, 3.63) is 42.0 Å². The number of ether oxygens (including phenoxy) is 2. The Morgan fingerprint density at radius 3 is 2.74 bits per heavy atom. The molecule has 1 aliphatic rings. The van der Waals surface area contributed by atoms with Crippen molar-refractivity contribution < 1.29 is 14.4 Å². The molecule has 0 aromatic heterocycles. The zero-order valence-electron chi connectivity index (χ0n) is 11.4. The number of hydrogen-bond acceptors (Lipinski definition) is 2. The fourth-order valence-corrected chi connectivity index (χ4v) is 2.47. The molecule has 1 N–H and O–H groups in total. The maximum absolute atomic E-state index is 6.11. The van der Waals surface area contributed by atoms with E-state index in [1.807, 2.05) is 18.2 Å². The second-order valence-corrected chi connectivity index (χ2v) is 5.01. The lowest BCUT2D eigenvalue weighted by atomic mass is 10.0. The number of hydrogen-bond donors (Lipinski definition) is 1. The Morgan fingerprint density at radius 2 is 2.00 bits per heavy atom. The molecule has 1 aliphatic heterocycles. The van der Waals surface area contributed by atoms with E-state index < -0.39 is 0 Å². The maximum atomic E-state index is 6.11. The van der Waals surface area contributed by atoms with Gasteiger partial charge in [-0.3, -0.25) is 0 Å². The van der Waals surface area contributed by atoms with Gasteiger partial charge in [0.1, 0.15) is 11.5 Å². The molecule has 19 heavy (non-hydrogen) atoms. The molecule has 0 aliphatic carbocycles. The highest BCUT2D eigenvalue weighted by Crippen LogP contribution is 2.37. The molecule has 1 unspecified atom stereocenters. The predicted octanol–water partition coefficient (Wildman–Crippen LogP) is 1.72. The van der Waals surface area contributed by atoms with Crippen LogP contribution >= 0.6 is 0 Å². The van der Waals surface area contributed by atoms with Gasteiger partial charge in [-0.1, -0.05) is 18.2 Å². The van der Waals surface area contributed by atoms with Gasteiger partial charge in [0.2, 0.25) is 0 Å². The fourth-order valence-electron chi connectivity index (χ4n) is 2.47. The zero-order chi connectivity index (χ0) is 13.4. The van der Waals surface area contributed by atoms with Gasteiger partial charge in [-0.15, -0.1) is 0 Å². The van der Waals surface area contributed by atoms with Crippen LogP contribution in [0.3, 0.4) is 0 Å². The van der Waals surface area contributed by atoms with Crippen LogP contribution in [0.5, 0.6) is 11.5 Å². The predicted molar refractivity (Wildman–Crippen MR) is 76.8 cm³/mol. The van der Waals surface area contributed by atoms with Crippen LogP contribution < -0.4 is 14.4 Å². The minimum Gasteiger partial charge on any atom is -0.496 e. The largest absolute Gasteiger partial charge is 0.496 e. The van der Waals surface area contributed by atoms with Gasteiger partial charge in [-0.25, -0.2) is 0 Å². The lowest BCUT2D eigenvalue weighted by Crippen LogP contribution is -3.10. The van der Waals surface area contributed by atoms with E-state index in [9.17, 15) is 0 Å². The molecule has 0 saturated carbocycles. The molecule has 0 fully saturated rings. The van der Waals surface area contributed by atoms with Crippen LogP contribution in [0.15, 0.2) is 36.4 Å². The SMILES string of the molecule is COc1ccc2c3c(cccc13)OC([NH+](C)C)C=C2. The molecule has 98 valence electrons. The Balaban J connectivity index is 2.26. The third-order valence-corrected chi connectivity index (χ3v) is 3.49. The molecule has 3 heteroatoms. The molecule has 2 aromatic carbocycles. The normalized spacial score (nSPS) is 17.4. The van der Waals surface area contributed by atoms with Crippen LogP contribution in [-0.4, -0.2) is 27.4 Å². The van der Waals surface area contributed by atoms with Crippen LogP contribution in [0.1, 0.15) is 5.56 Å². The van der Waals surface area contributed by atoms with E-state index in [-0.39, 0.29) is 6.23 Å². The summed E-state index contributed by atoms with van der Waals surface area (Å²) in [5.41, 5.74) is 1.18. The van der Waals surface area contributed by atoms with E-state index in [1.165, 1.54) is 10.5 Å². The third-order valence-electron chi connectivity index (χ3n) is 3.49. The van der Waals surface area contributed by atoms with Crippen LogP contribution in [0.2, 0.25) is 0 Å². The number of methoxy groups -OCH3 is 1. The second-order valence-electron chi connectivity index (χ2n) is 5.01. The second kappa shape index (κ2) is 4.59. The summed E-state index contributed by atoms with van der Waals surface area (Å²) in [5, 5.41) is 2.22. The molecule has 2 aromatic rings. The smallest absolute Gasteiger partial charge is 0.251 e. The monoisotopic (exact) mass is 256 g/mol. The average Bonchev–Trinajstić information content (AvgIpc) is 2.61. The first-order valence-corrected chi connectivity index (χ1v) is 6.45. The lowest BCUT2D eigenvalue weighted by Gasteiger charge is -2.19. The highest BCUT2D eigenvalue weighted by molar-refractivity contribution is 5.99. The van der Waals surface area contributed by atoms with Crippen molar-refractivity contribution in [1.82, 2.24) is 0 Å². The van der Waals surface area contributed by atoms with Crippen molar-refractivity contribution in [2.75, 3.05) is 21.2 Å². The summed E-state index contributed by atoms with van der Waals surface area (Å²) in [4.78, 5) is 1.24. The van der Waals surface area contributed by atoms with E-state index in [0.717, 1.165) is 22.3 Å². The lowest BCUT2D eigenvalue weighted by molar-refractivity contribution is -0.897. The summed E-state index contributed by atoms with van der Waals surface area (Å²) in [6.07, 6.45) is 4.27. The minimum absolute atomic E-state index is 0.0315. The molecule has 0 spiro atoms. The topological polar surface area (TPSA) is 22.9 Å². The summed E-state index contributed by atoms with van der Waals surface area (Å²) in [7, 11) is 5.88. The summed E-state index contributed by atoms with van der Waals surface area (Å²) >= 11 is 0. The summed E-state index contributed by atoms with van der Waals surface area (Å²) < 4.78 is 11.5. The van der Waals surface area contributed by atoms with E-state index in [0.29, 0.717) is 0 Å². The van der Waals surface area contributed by atoms with Crippen LogP contribution in [-0.2, 0) is 0 Å². The molecule has 3 rings (SSSR count). The Hall–Kier alpha value is -2.00. The van der Waals surface area contributed by atoms with Gasteiger partial charge in [0.15, 0.2) is 0 Å². The first-order chi connectivity index (χ1) is 9.20. The zero-order valence-corrected chi connectivity index (χ0v) is 11.4. The van der Waals surface area contributed by atoms with Crippen molar-refractivity contribution in [3.8, 4) is 11.5 Å². The van der Waals surface area contributed by atoms with Crippen molar-refractivity contribution >= 4 is 16.8 Å². The Kier molecular flexibility index (Phi) is 2.91. The number of likely N-dealkylation sites (N-methyl/N-ethyl adjacent to an activating group) is 1. The van der Waals surface area contributed by atoms with Crippen molar-refractivity contribution in [3.63, 3.8) is 0 Å². The van der Waals surface area contributed by atoms with Crippen LogP contribution in [0.25, 0.3) is 16.8 Å². The highest BCUT2D eigenvalue weighted by atomic mass is 16.5. The standard InChI is InChI=1S/C16H17NO2/c1-17(2)15-10-8-11-7-9-13(18-3)12-5-4-6-14(19-15)16(11)12/h4-10,15H,1-3H3/p+1. The number of nitrogens with one attached hydrogen (secondary N) is 1. The van der Waals surface area contributed by atoms with Gasteiger partial charge in [-0.05, 0) is 23.8 Å². The number of quaternary nitrogens is 1. The maximum Gasteiger partial charge on any atom is 0.251 e. The van der Waals surface area contributed by atoms with Crippen molar-refractivity contribution in [1.29, 1.82) is 0 Å². The first kappa shape index (κ1) is 12.1. The van der Waals surface area contributed by atoms with E-state index in [4.69, 9.17) is 9.47 Å².